The first-order chi connectivity index (χ1) is 11.4. The van der Waals surface area contributed by atoms with E-state index in [1.54, 1.807) is 4.90 Å². The third-order valence-corrected chi connectivity index (χ3v) is 7.46. The van der Waals surface area contributed by atoms with Crippen molar-refractivity contribution in [2.45, 2.75) is 57.9 Å². The number of amides is 2. The maximum Gasteiger partial charge on any atom is 0.238 e. The van der Waals surface area contributed by atoms with Crippen molar-refractivity contribution in [3.05, 3.63) is 0 Å². The first kappa shape index (κ1) is 17.7. The number of likely N-dealkylation sites (tertiary alicyclic amines) is 1. The Hall–Kier alpha value is -1.11. The summed E-state index contributed by atoms with van der Waals surface area (Å²) >= 11 is 0. The average Bonchev–Trinajstić information content (AvgIpc) is 3.32. The van der Waals surface area contributed by atoms with Gasteiger partial charge in [-0.15, -0.1) is 0 Å². The molecule has 0 radical (unpaired) electrons. The van der Waals surface area contributed by atoms with Crippen molar-refractivity contribution in [3.8, 4) is 0 Å². The molecule has 7 heteroatoms. The molecular formula is C17H28N2O4S. The van der Waals surface area contributed by atoms with Crippen LogP contribution in [-0.4, -0.2) is 67.2 Å². The minimum atomic E-state index is -3.04. The van der Waals surface area contributed by atoms with Crippen LogP contribution in [0.2, 0.25) is 0 Å². The van der Waals surface area contributed by atoms with Crippen LogP contribution in [0.15, 0.2) is 0 Å². The molecule has 0 aromatic carbocycles. The van der Waals surface area contributed by atoms with Crippen LogP contribution in [0.3, 0.4) is 0 Å². The molecule has 2 heterocycles. The summed E-state index contributed by atoms with van der Waals surface area (Å²) in [6.45, 7) is 3.83. The maximum atomic E-state index is 13.1. The number of carbonyl (C=O) groups excluding carboxylic acids is 2. The Balaban J connectivity index is 1.73. The maximum absolute atomic E-state index is 13.1. The zero-order valence-corrected chi connectivity index (χ0v) is 15.3. The molecule has 6 nitrogen and oxygen atoms in total. The summed E-state index contributed by atoms with van der Waals surface area (Å²) in [4.78, 5) is 29.6. The second-order valence-corrected chi connectivity index (χ2v) is 9.67. The van der Waals surface area contributed by atoms with E-state index in [4.69, 9.17) is 0 Å². The van der Waals surface area contributed by atoms with Crippen LogP contribution >= 0.6 is 0 Å². The van der Waals surface area contributed by atoms with Crippen molar-refractivity contribution in [1.29, 1.82) is 0 Å². The number of carbonyl (C=O) groups is 2. The van der Waals surface area contributed by atoms with Gasteiger partial charge in [-0.1, -0.05) is 12.8 Å². The van der Waals surface area contributed by atoms with Gasteiger partial charge in [-0.2, -0.15) is 0 Å². The predicted molar refractivity (Wildman–Crippen MR) is 91.2 cm³/mol. The highest BCUT2D eigenvalue weighted by Crippen LogP contribution is 2.49. The molecule has 2 aliphatic heterocycles. The van der Waals surface area contributed by atoms with Crippen LogP contribution in [0.4, 0.5) is 0 Å². The molecule has 3 rings (SSSR count). The average molecular weight is 356 g/mol. The van der Waals surface area contributed by atoms with Gasteiger partial charge in [-0.05, 0) is 39.0 Å². The summed E-state index contributed by atoms with van der Waals surface area (Å²) in [6, 6.07) is -0.262. The fourth-order valence-electron chi connectivity index (χ4n) is 4.08. The number of hydrogen-bond acceptors (Lipinski definition) is 4. The van der Waals surface area contributed by atoms with Gasteiger partial charge in [-0.3, -0.25) is 9.59 Å². The molecule has 1 aliphatic carbocycles. The zero-order valence-electron chi connectivity index (χ0n) is 14.5. The molecule has 2 amide bonds. The van der Waals surface area contributed by atoms with Gasteiger partial charge in [0.1, 0.15) is 5.41 Å². The molecule has 0 bridgehead atoms. The predicted octanol–water partition coefficient (Wildman–Crippen LogP) is 1.20. The third kappa shape index (κ3) is 3.32. The summed E-state index contributed by atoms with van der Waals surface area (Å²) < 4.78 is 23.5. The fourth-order valence-corrected chi connectivity index (χ4v) is 5.82. The zero-order chi connectivity index (χ0) is 17.4. The first-order valence-electron chi connectivity index (χ1n) is 9.20. The number of nitrogens with zero attached hydrogens (tertiary/aromatic N) is 2. The van der Waals surface area contributed by atoms with Crippen LogP contribution in [0, 0.1) is 5.41 Å². The second kappa shape index (κ2) is 6.65. The highest BCUT2D eigenvalue weighted by Gasteiger charge is 2.60. The highest BCUT2D eigenvalue weighted by molar-refractivity contribution is 7.91. The lowest BCUT2D eigenvalue weighted by atomic mass is 10.0. The molecule has 3 fully saturated rings. The Kier molecular flexibility index (Phi) is 4.91. The van der Waals surface area contributed by atoms with Crippen LogP contribution in [0.1, 0.15) is 51.9 Å². The van der Waals surface area contributed by atoms with Crippen LogP contribution in [0.25, 0.3) is 0 Å². The smallest absolute Gasteiger partial charge is 0.238 e. The Labute approximate surface area is 144 Å². The van der Waals surface area contributed by atoms with Crippen molar-refractivity contribution in [2.75, 3.05) is 31.1 Å². The van der Waals surface area contributed by atoms with Crippen molar-refractivity contribution < 1.29 is 18.0 Å². The minimum Gasteiger partial charge on any atom is -0.342 e. The van der Waals surface area contributed by atoms with E-state index < -0.39 is 15.3 Å². The van der Waals surface area contributed by atoms with Gasteiger partial charge in [-0.25, -0.2) is 8.42 Å². The SMILES string of the molecule is CCN(C(=O)C1(C(=O)N2CCCCCC2)CC1)C1CCS(=O)(=O)C1. The van der Waals surface area contributed by atoms with Crippen molar-refractivity contribution in [3.63, 3.8) is 0 Å². The summed E-state index contributed by atoms with van der Waals surface area (Å²) in [7, 11) is -3.04. The third-order valence-electron chi connectivity index (χ3n) is 5.71. The van der Waals surface area contributed by atoms with Gasteiger partial charge in [0.05, 0.1) is 11.5 Å². The largest absolute Gasteiger partial charge is 0.342 e. The molecule has 0 spiro atoms. The van der Waals surface area contributed by atoms with Crippen molar-refractivity contribution in [2.24, 2.45) is 5.41 Å². The number of sulfone groups is 1. The number of hydrogen-bond donors (Lipinski definition) is 0. The monoisotopic (exact) mass is 356 g/mol. The summed E-state index contributed by atoms with van der Waals surface area (Å²) in [5, 5.41) is 0. The fraction of sp³-hybridized carbons (Fsp3) is 0.882. The summed E-state index contributed by atoms with van der Waals surface area (Å²) in [5.41, 5.74) is -0.896. The lowest BCUT2D eigenvalue weighted by Gasteiger charge is -2.33. The molecule has 2 saturated heterocycles. The highest BCUT2D eigenvalue weighted by atomic mass is 32.2. The molecule has 1 unspecified atom stereocenters. The van der Waals surface area contributed by atoms with Crippen LogP contribution in [-0.2, 0) is 19.4 Å². The van der Waals surface area contributed by atoms with Crippen molar-refractivity contribution in [1.82, 2.24) is 9.80 Å². The second-order valence-electron chi connectivity index (χ2n) is 7.44. The van der Waals surface area contributed by atoms with E-state index in [0.29, 0.717) is 25.8 Å². The van der Waals surface area contributed by atoms with Gasteiger partial charge >= 0.3 is 0 Å². The Morgan fingerprint density at radius 2 is 1.75 bits per heavy atom. The molecule has 0 aromatic rings. The van der Waals surface area contributed by atoms with Gasteiger partial charge < -0.3 is 9.80 Å². The van der Waals surface area contributed by atoms with E-state index >= 15 is 0 Å². The Morgan fingerprint density at radius 1 is 1.12 bits per heavy atom. The Morgan fingerprint density at radius 3 is 2.21 bits per heavy atom. The van der Waals surface area contributed by atoms with Gasteiger partial charge in [0, 0.05) is 25.7 Å². The standard InChI is InChI=1S/C17H28N2O4S/c1-2-19(14-7-12-24(22,23)13-14)16(21)17(8-9-17)15(20)18-10-5-3-4-6-11-18/h14H,2-13H2,1H3. The van der Waals surface area contributed by atoms with E-state index in [2.05, 4.69) is 0 Å². The normalized spacial score (nSPS) is 28.2. The van der Waals surface area contributed by atoms with Crippen LogP contribution < -0.4 is 0 Å². The van der Waals surface area contributed by atoms with E-state index in [9.17, 15) is 18.0 Å². The van der Waals surface area contributed by atoms with E-state index in [0.717, 1.165) is 38.8 Å². The first-order valence-corrected chi connectivity index (χ1v) is 11.0. The molecule has 0 N–H and O–H groups in total. The molecule has 3 aliphatic rings. The molecule has 1 atom stereocenters. The molecule has 136 valence electrons. The van der Waals surface area contributed by atoms with E-state index in [1.165, 1.54) is 0 Å². The van der Waals surface area contributed by atoms with Gasteiger partial charge in [0.25, 0.3) is 0 Å². The van der Waals surface area contributed by atoms with E-state index in [1.807, 2.05) is 11.8 Å². The summed E-state index contributed by atoms with van der Waals surface area (Å²) in [6.07, 6.45) is 6.02. The lowest BCUT2D eigenvalue weighted by molar-refractivity contribution is -0.150. The number of rotatable bonds is 4. The van der Waals surface area contributed by atoms with Crippen molar-refractivity contribution >= 4 is 21.7 Å². The molecule has 24 heavy (non-hydrogen) atoms. The van der Waals surface area contributed by atoms with Crippen LogP contribution in [0.5, 0.6) is 0 Å². The molecular weight excluding hydrogens is 328 g/mol. The lowest BCUT2D eigenvalue weighted by Crippen LogP contribution is -2.50. The van der Waals surface area contributed by atoms with Gasteiger partial charge in [0.2, 0.25) is 11.8 Å². The van der Waals surface area contributed by atoms with E-state index in [-0.39, 0.29) is 29.4 Å². The Bertz CT molecular complexity index is 604. The topological polar surface area (TPSA) is 74.8 Å². The summed E-state index contributed by atoms with van der Waals surface area (Å²) in [5.74, 6) is 0.0322. The quantitative estimate of drug-likeness (QED) is 0.710. The molecule has 0 aromatic heterocycles. The van der Waals surface area contributed by atoms with Gasteiger partial charge in [0.15, 0.2) is 9.84 Å². The minimum absolute atomic E-state index is 0.0197. The molecule has 1 saturated carbocycles.